The molecule has 8 nitrogen and oxygen atoms in total. The smallest absolute Gasteiger partial charge is 0.407 e. The zero-order valence-electron chi connectivity index (χ0n) is 21.4. The van der Waals surface area contributed by atoms with Crippen molar-refractivity contribution in [1.82, 2.24) is 15.5 Å². The van der Waals surface area contributed by atoms with Crippen molar-refractivity contribution >= 4 is 29.3 Å². The van der Waals surface area contributed by atoms with Gasteiger partial charge in [-0.25, -0.2) is 4.79 Å². The number of benzene rings is 2. The van der Waals surface area contributed by atoms with Crippen molar-refractivity contribution in [3.8, 4) is 11.5 Å². The summed E-state index contributed by atoms with van der Waals surface area (Å²) in [7, 11) is 3.15. The van der Waals surface area contributed by atoms with Crippen molar-refractivity contribution in [3.63, 3.8) is 0 Å². The number of carbonyl (C=O) groups excluding carboxylic acids is 1. The van der Waals surface area contributed by atoms with Crippen LogP contribution in [0.25, 0.3) is 0 Å². The summed E-state index contributed by atoms with van der Waals surface area (Å²) in [5, 5.41) is 12.0. The number of halogens is 2. The Morgan fingerprint density at radius 2 is 1.87 bits per heavy atom. The van der Waals surface area contributed by atoms with Crippen LogP contribution in [0.4, 0.5) is 4.79 Å². The second kappa shape index (κ2) is 11.8. The van der Waals surface area contributed by atoms with Gasteiger partial charge in [0, 0.05) is 35.9 Å². The zero-order valence-corrected chi connectivity index (χ0v) is 22.9. The van der Waals surface area contributed by atoms with Crippen molar-refractivity contribution in [2.45, 2.75) is 50.2 Å². The van der Waals surface area contributed by atoms with Gasteiger partial charge in [-0.2, -0.15) is 5.10 Å². The normalized spacial score (nSPS) is 20.9. The number of hydrogen-bond donors (Lipinski definition) is 2. The molecule has 2 aliphatic rings. The first kappa shape index (κ1) is 26.7. The molecule has 0 spiro atoms. The van der Waals surface area contributed by atoms with Crippen LogP contribution in [0.3, 0.4) is 0 Å². The monoisotopic (exact) mass is 559 g/mol. The third-order valence-electron chi connectivity index (χ3n) is 7.42. The van der Waals surface area contributed by atoms with E-state index in [-0.39, 0.29) is 24.5 Å². The van der Waals surface area contributed by atoms with E-state index < -0.39 is 6.09 Å². The number of alkyl carbamates (subject to hydrolysis) is 1. The molecule has 10 heteroatoms. The third-order valence-corrected chi connectivity index (χ3v) is 8.20. The molecule has 38 heavy (non-hydrogen) atoms. The molecule has 3 aromatic rings. The lowest BCUT2D eigenvalue weighted by atomic mass is 9.80. The van der Waals surface area contributed by atoms with Crippen LogP contribution >= 0.6 is 23.2 Å². The van der Waals surface area contributed by atoms with Crippen LogP contribution in [0.1, 0.15) is 52.8 Å². The number of aromatic amines is 1. The number of nitrogens with one attached hydrogen (secondary N) is 2. The Morgan fingerprint density at radius 1 is 1.13 bits per heavy atom. The molecule has 1 fully saturated rings. The number of hydrogen-bond acceptors (Lipinski definition) is 6. The van der Waals surface area contributed by atoms with E-state index in [9.17, 15) is 4.79 Å². The highest BCUT2D eigenvalue weighted by Gasteiger charge is 2.36. The summed E-state index contributed by atoms with van der Waals surface area (Å²) in [5.41, 5.74) is 4.92. The number of H-pyrrole nitrogens is 1. The van der Waals surface area contributed by atoms with Gasteiger partial charge >= 0.3 is 6.09 Å². The van der Waals surface area contributed by atoms with Gasteiger partial charge in [0.1, 0.15) is 18.1 Å². The number of aromatic nitrogens is 2. The molecule has 2 aromatic carbocycles. The van der Waals surface area contributed by atoms with Crippen LogP contribution in [-0.4, -0.2) is 49.8 Å². The molecule has 1 aromatic heterocycles. The minimum Gasteiger partial charge on any atom is -0.495 e. The summed E-state index contributed by atoms with van der Waals surface area (Å²) < 4.78 is 22.2. The molecule has 1 aliphatic heterocycles. The fraction of sp³-hybridized carbons (Fsp3) is 0.429. The van der Waals surface area contributed by atoms with Crippen LogP contribution in [0.15, 0.2) is 36.4 Å². The SMILES string of the molecule is COc1cc(OC)c(Cl)c([C@H]2CCc3c(C4COCCC4NC(=O)OCc4ccccc4)n[nH]c3C2)c1Cl. The molecule has 2 unspecified atom stereocenters. The maximum Gasteiger partial charge on any atom is 0.407 e. The average Bonchev–Trinajstić information content (AvgIpc) is 3.36. The molecule has 2 N–H and O–H groups in total. The molecular weight excluding hydrogens is 529 g/mol. The van der Waals surface area contributed by atoms with Gasteiger partial charge in [0.2, 0.25) is 0 Å². The highest BCUT2D eigenvalue weighted by Crippen LogP contribution is 2.47. The van der Waals surface area contributed by atoms with Crippen molar-refractivity contribution in [1.29, 1.82) is 0 Å². The van der Waals surface area contributed by atoms with Gasteiger partial charge in [-0.1, -0.05) is 53.5 Å². The topological polar surface area (TPSA) is 94.7 Å². The van der Waals surface area contributed by atoms with E-state index in [1.807, 2.05) is 30.3 Å². The number of nitrogens with zero attached hydrogens (tertiary/aromatic N) is 1. The maximum absolute atomic E-state index is 12.6. The molecule has 1 aliphatic carbocycles. The van der Waals surface area contributed by atoms with E-state index >= 15 is 0 Å². The summed E-state index contributed by atoms with van der Waals surface area (Å²) >= 11 is 13.4. The van der Waals surface area contributed by atoms with E-state index in [0.29, 0.717) is 47.6 Å². The summed E-state index contributed by atoms with van der Waals surface area (Å²) in [6, 6.07) is 11.2. The number of rotatable bonds is 7. The standard InChI is InChI=1S/C28H31Cl2N3O5/c1-35-22-13-23(36-2)26(30)24(25(22)29)17-8-9-18-21(12-17)32-33-27(18)19-15-37-11-10-20(19)31-28(34)38-14-16-6-4-3-5-7-16/h3-7,13,17,19-20H,8-12,14-15H2,1-2H3,(H,31,34)(H,32,33)/t17-,19?,20?/m0/s1. The van der Waals surface area contributed by atoms with Gasteiger partial charge < -0.3 is 24.3 Å². The third kappa shape index (κ3) is 5.44. The second-order valence-electron chi connectivity index (χ2n) is 9.61. The Bertz CT molecular complexity index is 1250. The minimum atomic E-state index is -0.438. The van der Waals surface area contributed by atoms with Crippen LogP contribution in [0, 0.1) is 0 Å². The number of ether oxygens (including phenoxy) is 4. The second-order valence-corrected chi connectivity index (χ2v) is 10.4. The highest BCUT2D eigenvalue weighted by molar-refractivity contribution is 6.38. The van der Waals surface area contributed by atoms with Crippen LogP contribution < -0.4 is 14.8 Å². The van der Waals surface area contributed by atoms with Crippen molar-refractivity contribution < 1.29 is 23.7 Å². The molecule has 3 atom stereocenters. The quantitative estimate of drug-likeness (QED) is 0.379. The lowest BCUT2D eigenvalue weighted by molar-refractivity contribution is 0.0546. The van der Waals surface area contributed by atoms with E-state index in [1.165, 1.54) is 5.56 Å². The number of amides is 1. The molecule has 1 saturated heterocycles. The Morgan fingerprint density at radius 3 is 2.58 bits per heavy atom. The molecule has 5 rings (SSSR count). The lowest BCUT2D eigenvalue weighted by Crippen LogP contribution is -2.44. The predicted molar refractivity (Wildman–Crippen MR) is 145 cm³/mol. The Balaban J connectivity index is 1.31. The largest absolute Gasteiger partial charge is 0.495 e. The molecule has 1 amide bonds. The van der Waals surface area contributed by atoms with Gasteiger partial charge in [0.05, 0.1) is 36.6 Å². The van der Waals surface area contributed by atoms with Gasteiger partial charge in [0.25, 0.3) is 0 Å². The van der Waals surface area contributed by atoms with Gasteiger partial charge in [-0.05, 0) is 42.7 Å². The van der Waals surface area contributed by atoms with Gasteiger partial charge in [-0.15, -0.1) is 0 Å². The lowest BCUT2D eigenvalue weighted by Gasteiger charge is -2.32. The summed E-state index contributed by atoms with van der Waals surface area (Å²) in [6.07, 6.45) is 2.57. The number of methoxy groups -OCH3 is 2. The predicted octanol–water partition coefficient (Wildman–Crippen LogP) is 5.81. The van der Waals surface area contributed by atoms with E-state index in [1.54, 1.807) is 20.3 Å². The molecule has 0 bridgehead atoms. The molecule has 202 valence electrons. The zero-order chi connectivity index (χ0) is 26.6. The van der Waals surface area contributed by atoms with E-state index in [4.69, 9.17) is 47.2 Å². The van der Waals surface area contributed by atoms with Crippen LogP contribution in [0.5, 0.6) is 11.5 Å². The van der Waals surface area contributed by atoms with Gasteiger partial charge in [-0.3, -0.25) is 5.10 Å². The Kier molecular flexibility index (Phi) is 8.31. The summed E-state index contributed by atoms with van der Waals surface area (Å²) in [6.45, 7) is 1.28. The minimum absolute atomic E-state index is 0.0734. The summed E-state index contributed by atoms with van der Waals surface area (Å²) in [5.74, 6) is 1.07. The highest BCUT2D eigenvalue weighted by atomic mass is 35.5. The first-order valence-electron chi connectivity index (χ1n) is 12.7. The Hall–Kier alpha value is -2.94. The van der Waals surface area contributed by atoms with Crippen LogP contribution in [-0.2, 0) is 28.9 Å². The first-order valence-corrected chi connectivity index (χ1v) is 13.5. The maximum atomic E-state index is 12.6. The molecule has 0 saturated carbocycles. The van der Waals surface area contributed by atoms with Gasteiger partial charge in [0.15, 0.2) is 0 Å². The molecule has 0 radical (unpaired) electrons. The van der Waals surface area contributed by atoms with E-state index in [0.717, 1.165) is 35.4 Å². The number of fused-ring (bicyclic) bond motifs is 1. The average molecular weight is 560 g/mol. The molecule has 2 heterocycles. The van der Waals surface area contributed by atoms with E-state index in [2.05, 4.69) is 10.4 Å². The van der Waals surface area contributed by atoms with Crippen LogP contribution in [0.2, 0.25) is 10.0 Å². The number of carbonyl (C=O) groups is 1. The van der Waals surface area contributed by atoms with Crippen molar-refractivity contribution in [3.05, 3.63) is 74.5 Å². The summed E-state index contributed by atoms with van der Waals surface area (Å²) in [4.78, 5) is 12.6. The van der Waals surface area contributed by atoms with Crippen molar-refractivity contribution in [2.75, 3.05) is 27.4 Å². The fourth-order valence-corrected chi connectivity index (χ4v) is 6.25. The first-order chi connectivity index (χ1) is 18.5. The Labute approximate surface area is 231 Å². The molecular formula is C28H31Cl2N3O5. The fourth-order valence-electron chi connectivity index (χ4n) is 5.44. The van der Waals surface area contributed by atoms with Crippen molar-refractivity contribution in [2.24, 2.45) is 0 Å².